The average Bonchev–Trinajstić information content (AvgIpc) is 3.07. The fraction of sp³-hybridized carbons (Fsp3) is 0.400. The van der Waals surface area contributed by atoms with Crippen molar-refractivity contribution in [2.45, 2.75) is 52.1 Å². The summed E-state index contributed by atoms with van der Waals surface area (Å²) >= 11 is 0. The van der Waals surface area contributed by atoms with Gasteiger partial charge in [-0.25, -0.2) is 9.59 Å². The van der Waals surface area contributed by atoms with Crippen LogP contribution in [0.4, 0.5) is 4.79 Å². The number of carboxylic acids is 1. The number of fused-ring (bicyclic) bond motifs is 3. The van der Waals surface area contributed by atoms with Gasteiger partial charge in [0, 0.05) is 5.92 Å². The van der Waals surface area contributed by atoms with Crippen LogP contribution in [-0.4, -0.2) is 41.8 Å². The highest BCUT2D eigenvalue weighted by atomic mass is 16.5. The fourth-order valence-corrected chi connectivity index (χ4v) is 4.03. The van der Waals surface area contributed by atoms with Crippen molar-refractivity contribution in [3.8, 4) is 11.1 Å². The second kappa shape index (κ2) is 9.42. The first-order valence-corrected chi connectivity index (χ1v) is 10.8. The van der Waals surface area contributed by atoms with E-state index >= 15 is 0 Å². The van der Waals surface area contributed by atoms with Gasteiger partial charge >= 0.3 is 12.1 Å². The van der Waals surface area contributed by atoms with Crippen molar-refractivity contribution in [2.24, 2.45) is 5.41 Å². The summed E-state index contributed by atoms with van der Waals surface area (Å²) in [6.07, 6.45) is -0.478. The minimum absolute atomic E-state index is 0.0912. The zero-order chi connectivity index (χ0) is 23.5. The van der Waals surface area contributed by atoms with Gasteiger partial charge < -0.3 is 20.5 Å². The Bertz CT molecular complexity index is 966. The molecule has 2 amide bonds. The molecule has 3 rings (SSSR count). The van der Waals surface area contributed by atoms with Crippen LogP contribution in [0.3, 0.4) is 0 Å². The largest absolute Gasteiger partial charge is 0.480 e. The zero-order valence-corrected chi connectivity index (χ0v) is 18.8. The Morgan fingerprint density at radius 1 is 0.969 bits per heavy atom. The highest BCUT2D eigenvalue weighted by Gasteiger charge is 2.36. The lowest BCUT2D eigenvalue weighted by molar-refractivity contribution is -0.142. The average molecular weight is 439 g/mol. The highest BCUT2D eigenvalue weighted by Crippen LogP contribution is 2.44. The van der Waals surface area contributed by atoms with Gasteiger partial charge in [0.1, 0.15) is 18.7 Å². The Hall–Kier alpha value is -3.35. The molecule has 0 fully saturated rings. The Kier molecular flexibility index (Phi) is 6.87. The third kappa shape index (κ3) is 4.93. The Morgan fingerprint density at radius 3 is 1.97 bits per heavy atom. The van der Waals surface area contributed by atoms with Crippen LogP contribution in [0.5, 0.6) is 0 Å². The summed E-state index contributed by atoms with van der Waals surface area (Å²) in [5.74, 6) is -1.76. The smallest absolute Gasteiger partial charge is 0.407 e. The molecule has 0 bridgehead atoms. The van der Waals surface area contributed by atoms with E-state index in [0.717, 1.165) is 22.3 Å². The molecule has 32 heavy (non-hydrogen) atoms. The van der Waals surface area contributed by atoms with E-state index in [1.165, 1.54) is 0 Å². The highest BCUT2D eigenvalue weighted by molar-refractivity contribution is 5.89. The van der Waals surface area contributed by atoms with Gasteiger partial charge in [-0.2, -0.15) is 0 Å². The first-order chi connectivity index (χ1) is 15.1. The minimum Gasteiger partial charge on any atom is -0.480 e. The number of carboxylic acid groups (broad SMARTS) is 1. The number of benzene rings is 2. The van der Waals surface area contributed by atoms with E-state index in [1.54, 1.807) is 27.7 Å². The topological polar surface area (TPSA) is 105 Å². The number of ether oxygens (including phenoxy) is 1. The van der Waals surface area contributed by atoms with Crippen molar-refractivity contribution in [1.82, 2.24) is 10.6 Å². The second-order valence-corrected chi connectivity index (χ2v) is 9.08. The predicted octanol–water partition coefficient (Wildman–Crippen LogP) is 3.92. The summed E-state index contributed by atoms with van der Waals surface area (Å²) in [5, 5.41) is 14.4. The molecule has 0 heterocycles. The standard InChI is InChI=1S/C25H30N2O5/c1-5-20(23(29)30)26-22(28)21(25(2,3)4)27-24(31)32-14-19-17-12-8-6-10-15(17)16-11-7-9-13-18(16)19/h6-13,19-21H,5,14H2,1-4H3,(H,26,28)(H,27,31)(H,29,30)/t20?,21-/m0/s1. The molecular weight excluding hydrogens is 408 g/mol. The normalized spacial score (nSPS) is 14.6. The second-order valence-electron chi connectivity index (χ2n) is 9.08. The van der Waals surface area contributed by atoms with Crippen LogP contribution < -0.4 is 10.6 Å². The van der Waals surface area contributed by atoms with Crippen molar-refractivity contribution in [3.05, 3.63) is 59.7 Å². The molecule has 1 aliphatic carbocycles. The maximum atomic E-state index is 12.7. The Balaban J connectivity index is 1.70. The van der Waals surface area contributed by atoms with Gasteiger partial charge in [0.05, 0.1) is 0 Å². The van der Waals surface area contributed by atoms with E-state index < -0.39 is 35.5 Å². The molecule has 0 saturated heterocycles. The number of nitrogens with one attached hydrogen (secondary N) is 2. The molecule has 0 aliphatic heterocycles. The number of hydrogen-bond acceptors (Lipinski definition) is 4. The van der Waals surface area contributed by atoms with Crippen LogP contribution in [-0.2, 0) is 14.3 Å². The Morgan fingerprint density at radius 2 is 1.50 bits per heavy atom. The van der Waals surface area contributed by atoms with Crippen LogP contribution in [0, 0.1) is 5.41 Å². The number of aliphatic carboxylic acids is 1. The van der Waals surface area contributed by atoms with Crippen LogP contribution in [0.2, 0.25) is 0 Å². The summed E-state index contributed by atoms with van der Waals surface area (Å²) in [6.45, 7) is 7.18. The minimum atomic E-state index is -1.12. The molecule has 2 aromatic rings. The number of carbonyl (C=O) groups is 3. The summed E-state index contributed by atoms with van der Waals surface area (Å²) in [4.78, 5) is 36.7. The van der Waals surface area contributed by atoms with E-state index in [-0.39, 0.29) is 18.9 Å². The first kappa shape index (κ1) is 23.3. The third-order valence-corrected chi connectivity index (χ3v) is 5.76. The van der Waals surface area contributed by atoms with Gasteiger partial charge in [-0.15, -0.1) is 0 Å². The first-order valence-electron chi connectivity index (χ1n) is 10.8. The van der Waals surface area contributed by atoms with Gasteiger partial charge in [0.2, 0.25) is 5.91 Å². The number of rotatable bonds is 7. The SMILES string of the molecule is CCC(NC(=O)[C@H](NC(=O)OCC1c2ccccc2-c2ccccc21)C(C)(C)C)C(=O)O. The van der Waals surface area contributed by atoms with E-state index in [0.29, 0.717) is 0 Å². The molecule has 2 aromatic carbocycles. The van der Waals surface area contributed by atoms with E-state index in [4.69, 9.17) is 4.74 Å². The van der Waals surface area contributed by atoms with Crippen LogP contribution >= 0.6 is 0 Å². The maximum Gasteiger partial charge on any atom is 0.407 e. The van der Waals surface area contributed by atoms with Gasteiger partial charge in [-0.05, 0) is 34.1 Å². The van der Waals surface area contributed by atoms with Gasteiger partial charge in [-0.1, -0.05) is 76.2 Å². The lowest BCUT2D eigenvalue weighted by Gasteiger charge is -2.31. The van der Waals surface area contributed by atoms with Crippen molar-refractivity contribution in [2.75, 3.05) is 6.61 Å². The van der Waals surface area contributed by atoms with Crippen molar-refractivity contribution < 1.29 is 24.2 Å². The van der Waals surface area contributed by atoms with E-state index in [1.807, 2.05) is 36.4 Å². The molecular formula is C25H30N2O5. The predicted molar refractivity (Wildman–Crippen MR) is 121 cm³/mol. The lowest BCUT2D eigenvalue weighted by Crippen LogP contribution is -2.56. The monoisotopic (exact) mass is 438 g/mol. The molecule has 3 N–H and O–H groups in total. The fourth-order valence-electron chi connectivity index (χ4n) is 4.03. The van der Waals surface area contributed by atoms with Crippen LogP contribution in [0.25, 0.3) is 11.1 Å². The van der Waals surface area contributed by atoms with Crippen molar-refractivity contribution in [1.29, 1.82) is 0 Å². The molecule has 0 saturated carbocycles. The Labute approximate surface area is 188 Å². The molecule has 0 spiro atoms. The van der Waals surface area contributed by atoms with E-state index in [2.05, 4.69) is 22.8 Å². The van der Waals surface area contributed by atoms with Crippen LogP contribution in [0.1, 0.15) is 51.2 Å². The number of alkyl carbamates (subject to hydrolysis) is 1. The third-order valence-electron chi connectivity index (χ3n) is 5.76. The molecule has 1 unspecified atom stereocenters. The molecule has 170 valence electrons. The molecule has 0 radical (unpaired) electrons. The zero-order valence-electron chi connectivity index (χ0n) is 18.8. The number of hydrogen-bond donors (Lipinski definition) is 3. The summed E-state index contributed by atoms with van der Waals surface area (Å²) < 4.78 is 5.55. The quantitative estimate of drug-likeness (QED) is 0.608. The van der Waals surface area contributed by atoms with Gasteiger partial charge in [0.25, 0.3) is 0 Å². The molecule has 7 heteroatoms. The number of amides is 2. The van der Waals surface area contributed by atoms with Gasteiger partial charge in [-0.3, -0.25) is 4.79 Å². The molecule has 7 nitrogen and oxygen atoms in total. The molecule has 0 aromatic heterocycles. The lowest BCUT2D eigenvalue weighted by atomic mass is 9.86. The van der Waals surface area contributed by atoms with E-state index in [9.17, 15) is 19.5 Å². The summed E-state index contributed by atoms with van der Waals surface area (Å²) in [7, 11) is 0. The number of carbonyl (C=O) groups excluding carboxylic acids is 2. The molecule has 2 atom stereocenters. The van der Waals surface area contributed by atoms with Crippen molar-refractivity contribution >= 4 is 18.0 Å². The van der Waals surface area contributed by atoms with Crippen LogP contribution in [0.15, 0.2) is 48.5 Å². The maximum absolute atomic E-state index is 12.7. The molecule has 1 aliphatic rings. The summed E-state index contributed by atoms with van der Waals surface area (Å²) in [6, 6.07) is 14.1. The van der Waals surface area contributed by atoms with Gasteiger partial charge in [0.15, 0.2) is 0 Å². The summed E-state index contributed by atoms with van der Waals surface area (Å²) in [5.41, 5.74) is 3.80. The van der Waals surface area contributed by atoms with Crippen molar-refractivity contribution in [3.63, 3.8) is 0 Å².